The Balaban J connectivity index is 0.00000245. The van der Waals surface area contributed by atoms with Gasteiger partial charge in [0.2, 0.25) is 11.2 Å². The monoisotopic (exact) mass is 497 g/mol. The minimum absolute atomic E-state index is 0. The molecule has 1 heterocycles. The minimum Gasteiger partial charge on any atom is -1.00 e. The molecule has 4 aromatic carbocycles. The summed E-state index contributed by atoms with van der Waals surface area (Å²) in [6, 6.07) is 43.3. The van der Waals surface area contributed by atoms with Gasteiger partial charge in [-0.15, -0.1) is 11.8 Å². The van der Waals surface area contributed by atoms with Crippen LogP contribution < -0.4 is 21.5 Å². The standard InChI is InChI=1S/C29H24NS.BrH/c1-4-12-23(13-5-1)21-30-27-19-11-10-18-26(27)29(31-22-24-14-6-2-7-15-24)20-28(30)25-16-8-3-9-17-25;/h1-20H,21-22H2;1H/q+1;/p-1. The molecule has 5 rings (SSSR count). The summed E-state index contributed by atoms with van der Waals surface area (Å²) < 4.78 is 2.45. The molecule has 0 bridgehead atoms. The fourth-order valence-electron chi connectivity index (χ4n) is 3.97. The molecule has 5 aromatic rings. The van der Waals surface area contributed by atoms with Gasteiger partial charge in [0.05, 0.1) is 5.39 Å². The second-order valence-electron chi connectivity index (χ2n) is 7.62. The maximum absolute atomic E-state index is 2.45. The second kappa shape index (κ2) is 10.6. The van der Waals surface area contributed by atoms with Crippen LogP contribution in [0.25, 0.3) is 22.2 Å². The highest BCUT2D eigenvalue weighted by Gasteiger charge is 2.21. The highest BCUT2D eigenvalue weighted by Crippen LogP contribution is 2.32. The summed E-state index contributed by atoms with van der Waals surface area (Å²) in [7, 11) is 0. The van der Waals surface area contributed by atoms with Gasteiger partial charge in [0, 0.05) is 33.9 Å². The van der Waals surface area contributed by atoms with E-state index in [9.17, 15) is 0 Å². The zero-order valence-electron chi connectivity index (χ0n) is 17.7. The Labute approximate surface area is 204 Å². The van der Waals surface area contributed by atoms with Crippen LogP contribution in [0.15, 0.2) is 126 Å². The fourth-order valence-corrected chi connectivity index (χ4v) is 5.00. The van der Waals surface area contributed by atoms with Crippen LogP contribution >= 0.6 is 11.8 Å². The first-order chi connectivity index (χ1) is 15.4. The quantitative estimate of drug-likeness (QED) is 0.252. The fraction of sp³-hybridized carbons (Fsp3) is 0.0690. The van der Waals surface area contributed by atoms with E-state index in [0.29, 0.717) is 0 Å². The number of aromatic nitrogens is 1. The maximum Gasteiger partial charge on any atom is 0.214 e. The summed E-state index contributed by atoms with van der Waals surface area (Å²) in [6.45, 7) is 0.842. The zero-order chi connectivity index (χ0) is 20.9. The third-order valence-electron chi connectivity index (χ3n) is 5.51. The average molecular weight is 498 g/mol. The Morgan fingerprint density at radius 3 is 1.84 bits per heavy atom. The van der Waals surface area contributed by atoms with Gasteiger partial charge >= 0.3 is 0 Å². The van der Waals surface area contributed by atoms with Crippen LogP contribution in [0.2, 0.25) is 0 Å². The van der Waals surface area contributed by atoms with Crippen LogP contribution in [0, 0.1) is 0 Å². The molecule has 1 aromatic heterocycles. The lowest BCUT2D eigenvalue weighted by Gasteiger charge is -2.12. The molecule has 0 amide bonds. The van der Waals surface area contributed by atoms with Gasteiger partial charge in [0.25, 0.3) is 0 Å². The summed E-state index contributed by atoms with van der Waals surface area (Å²) in [6.07, 6.45) is 0. The first kappa shape index (κ1) is 22.3. The number of pyridine rings is 1. The van der Waals surface area contributed by atoms with Crippen molar-refractivity contribution in [2.75, 3.05) is 0 Å². The van der Waals surface area contributed by atoms with Gasteiger partial charge < -0.3 is 17.0 Å². The predicted octanol–water partition coefficient (Wildman–Crippen LogP) is 4.14. The van der Waals surface area contributed by atoms with E-state index >= 15 is 0 Å². The lowest BCUT2D eigenvalue weighted by atomic mass is 10.1. The lowest BCUT2D eigenvalue weighted by molar-refractivity contribution is -0.651. The number of nitrogens with zero attached hydrogens (tertiary/aromatic N) is 1. The van der Waals surface area contributed by atoms with Crippen LogP contribution in [0.1, 0.15) is 11.1 Å². The van der Waals surface area contributed by atoms with E-state index in [2.05, 4.69) is 126 Å². The smallest absolute Gasteiger partial charge is 0.214 e. The second-order valence-corrected chi connectivity index (χ2v) is 8.64. The van der Waals surface area contributed by atoms with Gasteiger partial charge in [0.1, 0.15) is 0 Å². The number of rotatable bonds is 6. The van der Waals surface area contributed by atoms with E-state index in [1.165, 1.54) is 38.2 Å². The Morgan fingerprint density at radius 2 is 1.16 bits per heavy atom. The van der Waals surface area contributed by atoms with E-state index in [1.807, 2.05) is 11.8 Å². The Bertz CT molecular complexity index is 1290. The van der Waals surface area contributed by atoms with Gasteiger partial charge in [-0.25, -0.2) is 0 Å². The van der Waals surface area contributed by atoms with Crippen LogP contribution in [0.5, 0.6) is 0 Å². The SMILES string of the molecule is [Br-].c1ccc(CSc2cc(-c3ccccc3)[n+](Cc3ccccc3)c3ccccc23)cc1. The number of thioether (sulfide) groups is 1. The van der Waals surface area contributed by atoms with E-state index in [0.717, 1.165) is 12.3 Å². The number of benzene rings is 4. The molecule has 0 aliphatic carbocycles. The van der Waals surface area contributed by atoms with Gasteiger partial charge in [-0.3, -0.25) is 0 Å². The van der Waals surface area contributed by atoms with E-state index < -0.39 is 0 Å². The van der Waals surface area contributed by atoms with Gasteiger partial charge in [-0.1, -0.05) is 91.0 Å². The summed E-state index contributed by atoms with van der Waals surface area (Å²) in [5.74, 6) is 0.960. The number of fused-ring (bicyclic) bond motifs is 1. The van der Waals surface area contributed by atoms with Gasteiger partial charge in [-0.05, 0) is 23.8 Å². The molecule has 0 unspecified atom stereocenters. The maximum atomic E-state index is 2.45. The molecule has 0 saturated carbocycles. The summed E-state index contributed by atoms with van der Waals surface area (Å²) in [4.78, 5) is 1.32. The highest BCUT2D eigenvalue weighted by atomic mass is 79.9. The van der Waals surface area contributed by atoms with Crippen LogP contribution in [0.3, 0.4) is 0 Å². The molecule has 0 atom stereocenters. The van der Waals surface area contributed by atoms with Crippen molar-refractivity contribution in [2.24, 2.45) is 0 Å². The van der Waals surface area contributed by atoms with E-state index in [1.54, 1.807) is 0 Å². The summed E-state index contributed by atoms with van der Waals surface area (Å²) >= 11 is 1.91. The van der Waals surface area contributed by atoms with Crippen molar-refractivity contribution in [3.63, 3.8) is 0 Å². The average Bonchev–Trinajstić information content (AvgIpc) is 2.85. The van der Waals surface area contributed by atoms with Crippen molar-refractivity contribution >= 4 is 22.7 Å². The lowest BCUT2D eigenvalue weighted by Crippen LogP contribution is -3.00. The molecule has 0 fully saturated rings. The first-order valence-corrected chi connectivity index (χ1v) is 11.6. The number of hydrogen-bond donors (Lipinski definition) is 0. The molecule has 0 aliphatic rings. The van der Waals surface area contributed by atoms with Crippen molar-refractivity contribution in [2.45, 2.75) is 17.2 Å². The molecule has 0 aliphatic heterocycles. The molecule has 0 N–H and O–H groups in total. The van der Waals surface area contributed by atoms with E-state index in [-0.39, 0.29) is 17.0 Å². The van der Waals surface area contributed by atoms with Crippen LogP contribution in [-0.4, -0.2) is 0 Å². The minimum atomic E-state index is 0. The molecular weight excluding hydrogens is 474 g/mol. The highest BCUT2D eigenvalue weighted by molar-refractivity contribution is 7.98. The summed E-state index contributed by atoms with van der Waals surface area (Å²) in [5, 5.41) is 1.30. The summed E-state index contributed by atoms with van der Waals surface area (Å²) in [5.41, 5.74) is 6.41. The molecule has 158 valence electrons. The van der Waals surface area contributed by atoms with Crippen LogP contribution in [0.4, 0.5) is 0 Å². The normalized spacial score (nSPS) is 10.6. The molecule has 1 nitrogen and oxygen atoms in total. The van der Waals surface area contributed by atoms with Crippen molar-refractivity contribution in [1.82, 2.24) is 0 Å². The van der Waals surface area contributed by atoms with Crippen molar-refractivity contribution in [1.29, 1.82) is 0 Å². The third kappa shape index (κ3) is 4.95. The van der Waals surface area contributed by atoms with Crippen LogP contribution in [-0.2, 0) is 12.3 Å². The largest absolute Gasteiger partial charge is 1.00 e. The van der Waals surface area contributed by atoms with Crippen molar-refractivity contribution in [3.05, 3.63) is 132 Å². The Morgan fingerprint density at radius 1 is 0.594 bits per heavy atom. The topological polar surface area (TPSA) is 3.88 Å². The number of hydrogen-bond acceptors (Lipinski definition) is 1. The molecule has 0 radical (unpaired) electrons. The van der Waals surface area contributed by atoms with Crippen molar-refractivity contribution in [3.8, 4) is 11.3 Å². The molecule has 0 spiro atoms. The van der Waals surface area contributed by atoms with Gasteiger partial charge in [-0.2, -0.15) is 4.57 Å². The van der Waals surface area contributed by atoms with Gasteiger partial charge in [0.15, 0.2) is 6.54 Å². The number of para-hydroxylation sites is 1. The molecular formula is C29H24BrNS. The van der Waals surface area contributed by atoms with E-state index in [4.69, 9.17) is 0 Å². The Kier molecular flexibility index (Phi) is 7.41. The molecule has 32 heavy (non-hydrogen) atoms. The molecule has 0 saturated heterocycles. The first-order valence-electron chi connectivity index (χ1n) is 10.6. The third-order valence-corrected chi connectivity index (χ3v) is 6.64. The molecule has 3 heteroatoms. The van der Waals surface area contributed by atoms with Crippen molar-refractivity contribution < 1.29 is 21.5 Å². The Hall–Kier alpha value is -2.88. The number of halogens is 1. The zero-order valence-corrected chi connectivity index (χ0v) is 20.1. The predicted molar refractivity (Wildman–Crippen MR) is 131 cm³/mol.